The van der Waals surface area contributed by atoms with Gasteiger partial charge in [0.05, 0.1) is 10.6 Å². The number of anilines is 1. The highest BCUT2D eigenvalue weighted by molar-refractivity contribution is 7.92. The zero-order chi connectivity index (χ0) is 16.5. The van der Waals surface area contributed by atoms with Crippen molar-refractivity contribution >= 4 is 27.3 Å². The highest BCUT2D eigenvalue weighted by Gasteiger charge is 2.20. The lowest BCUT2D eigenvalue weighted by Crippen LogP contribution is -2.16. The minimum atomic E-state index is -3.65. The van der Waals surface area contributed by atoms with E-state index in [2.05, 4.69) is 4.72 Å². The van der Waals surface area contributed by atoms with Crippen molar-refractivity contribution in [3.05, 3.63) is 57.6 Å². The van der Waals surface area contributed by atoms with E-state index < -0.39 is 10.0 Å². The van der Waals surface area contributed by atoms with Crippen LogP contribution in [-0.4, -0.2) is 8.42 Å². The molecular formula is C17H20ClNO2S. The molecule has 0 aromatic heterocycles. The first-order chi connectivity index (χ1) is 10.3. The van der Waals surface area contributed by atoms with Gasteiger partial charge in [-0.15, -0.1) is 0 Å². The van der Waals surface area contributed by atoms with E-state index in [0.717, 1.165) is 23.1 Å². The topological polar surface area (TPSA) is 46.2 Å². The molecule has 0 aliphatic rings. The lowest BCUT2D eigenvalue weighted by atomic mass is 10.1. The Bertz CT molecular complexity index is 814. The first kappa shape index (κ1) is 16.8. The number of benzene rings is 2. The van der Waals surface area contributed by atoms with Gasteiger partial charge in [0.15, 0.2) is 0 Å². The molecule has 0 spiro atoms. The van der Waals surface area contributed by atoms with Gasteiger partial charge < -0.3 is 0 Å². The van der Waals surface area contributed by atoms with Gasteiger partial charge in [-0.1, -0.05) is 36.7 Å². The SMILES string of the molecule is CCc1cccc(C)c1NS(=O)(=O)c1cc(C)c(Cl)cc1C. The van der Waals surface area contributed by atoms with Crippen LogP contribution in [0.5, 0.6) is 0 Å². The maximum atomic E-state index is 12.8. The zero-order valence-corrected chi connectivity index (χ0v) is 14.8. The summed E-state index contributed by atoms with van der Waals surface area (Å²) in [7, 11) is -3.65. The summed E-state index contributed by atoms with van der Waals surface area (Å²) < 4.78 is 28.2. The van der Waals surface area contributed by atoms with Crippen LogP contribution in [0.15, 0.2) is 35.2 Å². The molecule has 0 bridgehead atoms. The van der Waals surface area contributed by atoms with Gasteiger partial charge in [0, 0.05) is 5.02 Å². The van der Waals surface area contributed by atoms with Crippen molar-refractivity contribution in [2.24, 2.45) is 0 Å². The van der Waals surface area contributed by atoms with Crippen molar-refractivity contribution in [2.45, 2.75) is 39.0 Å². The predicted molar refractivity (Wildman–Crippen MR) is 92.3 cm³/mol. The van der Waals surface area contributed by atoms with E-state index in [-0.39, 0.29) is 4.90 Å². The number of halogens is 1. The van der Waals surface area contributed by atoms with Crippen LogP contribution in [-0.2, 0) is 16.4 Å². The molecule has 0 heterocycles. The summed E-state index contributed by atoms with van der Waals surface area (Å²) in [6.45, 7) is 7.45. The normalized spacial score (nSPS) is 11.5. The second-order valence-electron chi connectivity index (χ2n) is 5.43. The molecule has 0 radical (unpaired) electrons. The monoisotopic (exact) mass is 337 g/mol. The predicted octanol–water partition coefficient (Wildman–Crippen LogP) is 4.63. The van der Waals surface area contributed by atoms with Gasteiger partial charge in [-0.2, -0.15) is 0 Å². The van der Waals surface area contributed by atoms with Crippen LogP contribution >= 0.6 is 11.6 Å². The summed E-state index contributed by atoms with van der Waals surface area (Å²) in [5, 5.41) is 0.571. The van der Waals surface area contributed by atoms with E-state index in [4.69, 9.17) is 11.6 Å². The lowest BCUT2D eigenvalue weighted by molar-refractivity contribution is 0.600. The zero-order valence-electron chi connectivity index (χ0n) is 13.2. The lowest BCUT2D eigenvalue weighted by Gasteiger charge is -2.16. The third kappa shape index (κ3) is 3.28. The third-order valence-corrected chi connectivity index (χ3v) is 5.62. The summed E-state index contributed by atoms with van der Waals surface area (Å²) in [6, 6.07) is 9.07. The van der Waals surface area contributed by atoms with E-state index in [0.29, 0.717) is 16.3 Å². The van der Waals surface area contributed by atoms with Crippen LogP contribution in [0.4, 0.5) is 5.69 Å². The maximum Gasteiger partial charge on any atom is 0.262 e. The van der Waals surface area contributed by atoms with Gasteiger partial charge in [-0.3, -0.25) is 4.72 Å². The van der Waals surface area contributed by atoms with Crippen molar-refractivity contribution in [2.75, 3.05) is 4.72 Å². The Morgan fingerprint density at radius 1 is 1.05 bits per heavy atom. The maximum absolute atomic E-state index is 12.8. The molecule has 5 heteroatoms. The van der Waals surface area contributed by atoms with E-state index in [1.54, 1.807) is 26.0 Å². The first-order valence-electron chi connectivity index (χ1n) is 7.14. The number of rotatable bonds is 4. The molecule has 2 aromatic rings. The number of aryl methyl sites for hydroxylation is 4. The van der Waals surface area contributed by atoms with Crippen molar-refractivity contribution < 1.29 is 8.42 Å². The van der Waals surface area contributed by atoms with Gasteiger partial charge in [0.1, 0.15) is 0 Å². The molecule has 118 valence electrons. The van der Waals surface area contributed by atoms with Gasteiger partial charge in [-0.05, 0) is 61.6 Å². The third-order valence-electron chi connectivity index (χ3n) is 3.72. The number of hydrogen-bond acceptors (Lipinski definition) is 2. The Labute approximate surface area is 137 Å². The quantitative estimate of drug-likeness (QED) is 0.884. The summed E-state index contributed by atoms with van der Waals surface area (Å²) in [5.74, 6) is 0. The van der Waals surface area contributed by atoms with E-state index in [1.165, 1.54) is 0 Å². The Balaban J connectivity index is 2.52. The summed E-state index contributed by atoms with van der Waals surface area (Å²) in [5.41, 5.74) is 3.93. The standard InChI is InChI=1S/C17H20ClNO2S/c1-5-14-8-6-7-11(2)17(14)19-22(20,21)16-10-12(3)15(18)9-13(16)4/h6-10,19H,5H2,1-4H3. The van der Waals surface area contributed by atoms with Crippen LogP contribution in [0.1, 0.15) is 29.2 Å². The minimum absolute atomic E-state index is 0.264. The van der Waals surface area contributed by atoms with Crippen LogP contribution in [0.25, 0.3) is 0 Å². The van der Waals surface area contributed by atoms with Crippen LogP contribution in [0.2, 0.25) is 5.02 Å². The number of para-hydroxylation sites is 1. The van der Waals surface area contributed by atoms with Crippen molar-refractivity contribution in [1.82, 2.24) is 0 Å². The molecule has 2 aromatic carbocycles. The Hall–Kier alpha value is -1.52. The molecule has 3 nitrogen and oxygen atoms in total. The average Bonchev–Trinajstić information content (AvgIpc) is 2.44. The van der Waals surface area contributed by atoms with E-state index in [1.807, 2.05) is 32.0 Å². The van der Waals surface area contributed by atoms with Gasteiger partial charge in [-0.25, -0.2) is 8.42 Å². The smallest absolute Gasteiger partial charge is 0.262 e. The van der Waals surface area contributed by atoms with Crippen molar-refractivity contribution in [3.63, 3.8) is 0 Å². The van der Waals surface area contributed by atoms with Gasteiger partial charge >= 0.3 is 0 Å². The molecule has 0 fully saturated rings. The molecule has 0 aliphatic heterocycles. The molecule has 0 amide bonds. The highest BCUT2D eigenvalue weighted by Crippen LogP contribution is 2.28. The molecule has 22 heavy (non-hydrogen) atoms. The average molecular weight is 338 g/mol. The number of hydrogen-bond donors (Lipinski definition) is 1. The molecule has 0 aliphatic carbocycles. The Morgan fingerprint density at radius 2 is 1.73 bits per heavy atom. The van der Waals surface area contributed by atoms with Crippen molar-refractivity contribution in [1.29, 1.82) is 0 Å². The molecule has 0 unspecified atom stereocenters. The Morgan fingerprint density at radius 3 is 2.36 bits per heavy atom. The molecule has 0 saturated heterocycles. The fraction of sp³-hybridized carbons (Fsp3) is 0.294. The van der Waals surface area contributed by atoms with Crippen molar-refractivity contribution in [3.8, 4) is 0 Å². The summed E-state index contributed by atoms with van der Waals surface area (Å²) in [4.78, 5) is 0.264. The summed E-state index contributed by atoms with van der Waals surface area (Å²) in [6.07, 6.45) is 0.762. The molecule has 0 saturated carbocycles. The molecule has 0 atom stereocenters. The number of sulfonamides is 1. The van der Waals surface area contributed by atoms with Crippen LogP contribution in [0, 0.1) is 20.8 Å². The number of nitrogens with one attached hydrogen (secondary N) is 1. The fourth-order valence-corrected chi connectivity index (χ4v) is 4.11. The van der Waals surface area contributed by atoms with Gasteiger partial charge in [0.25, 0.3) is 10.0 Å². The molecule has 2 rings (SSSR count). The summed E-state index contributed by atoms with van der Waals surface area (Å²) >= 11 is 6.05. The van der Waals surface area contributed by atoms with Crippen LogP contribution < -0.4 is 4.72 Å². The Kier molecular flexibility index (Phi) is 4.83. The second kappa shape index (κ2) is 6.31. The van der Waals surface area contributed by atoms with Crippen LogP contribution in [0.3, 0.4) is 0 Å². The minimum Gasteiger partial charge on any atom is -0.279 e. The largest absolute Gasteiger partial charge is 0.279 e. The fourth-order valence-electron chi connectivity index (χ4n) is 2.40. The molecule has 1 N–H and O–H groups in total. The molecular weight excluding hydrogens is 318 g/mol. The van der Waals surface area contributed by atoms with Gasteiger partial charge in [0.2, 0.25) is 0 Å². The first-order valence-corrected chi connectivity index (χ1v) is 9.00. The second-order valence-corrected chi connectivity index (χ2v) is 7.49. The van der Waals surface area contributed by atoms with E-state index in [9.17, 15) is 8.42 Å². The van der Waals surface area contributed by atoms with E-state index >= 15 is 0 Å². The highest BCUT2D eigenvalue weighted by atomic mass is 35.5.